The molecule has 0 saturated heterocycles. The molecule has 0 aliphatic carbocycles. The van der Waals surface area contributed by atoms with E-state index in [1.54, 1.807) is 6.07 Å². The second-order valence-corrected chi connectivity index (χ2v) is 4.12. The second-order valence-electron chi connectivity index (χ2n) is 4.12. The molecule has 0 fully saturated rings. The highest BCUT2D eigenvalue weighted by molar-refractivity contribution is 5.45. The molecule has 0 bridgehead atoms. The third kappa shape index (κ3) is 4.24. The van der Waals surface area contributed by atoms with E-state index in [-0.39, 0.29) is 12.4 Å². The van der Waals surface area contributed by atoms with Crippen molar-refractivity contribution in [2.45, 2.75) is 32.4 Å². The summed E-state index contributed by atoms with van der Waals surface area (Å²) in [5.41, 5.74) is 0.820. The number of aliphatic hydroxyl groups is 1. The van der Waals surface area contributed by atoms with Crippen molar-refractivity contribution in [2.24, 2.45) is 0 Å². The summed E-state index contributed by atoms with van der Waals surface area (Å²) in [6, 6.07) is 5.76. The molecule has 0 saturated carbocycles. The SMILES string of the molecule is COc1cccc(CNC(C)CCCO)c1O. The smallest absolute Gasteiger partial charge is 0.162 e. The minimum atomic E-state index is 0.192. The third-order valence-electron chi connectivity index (χ3n) is 2.74. The fraction of sp³-hybridized carbons (Fsp3) is 0.538. The number of benzene rings is 1. The lowest BCUT2D eigenvalue weighted by atomic mass is 10.1. The van der Waals surface area contributed by atoms with Crippen LogP contribution in [0.2, 0.25) is 0 Å². The van der Waals surface area contributed by atoms with Gasteiger partial charge in [0.15, 0.2) is 11.5 Å². The first-order valence-electron chi connectivity index (χ1n) is 5.88. The van der Waals surface area contributed by atoms with Gasteiger partial charge in [0.2, 0.25) is 0 Å². The largest absolute Gasteiger partial charge is 0.504 e. The summed E-state index contributed by atoms with van der Waals surface area (Å²) in [7, 11) is 1.54. The van der Waals surface area contributed by atoms with Crippen molar-refractivity contribution in [3.8, 4) is 11.5 Å². The van der Waals surface area contributed by atoms with E-state index in [1.165, 1.54) is 7.11 Å². The molecule has 0 aromatic heterocycles. The molecule has 1 aromatic carbocycles. The van der Waals surface area contributed by atoms with E-state index in [1.807, 2.05) is 12.1 Å². The zero-order chi connectivity index (χ0) is 12.7. The van der Waals surface area contributed by atoms with E-state index in [4.69, 9.17) is 9.84 Å². The van der Waals surface area contributed by atoms with Gasteiger partial charge in [0.1, 0.15) is 0 Å². The van der Waals surface area contributed by atoms with Gasteiger partial charge in [0.25, 0.3) is 0 Å². The fourth-order valence-corrected chi connectivity index (χ4v) is 1.66. The number of para-hydroxylation sites is 1. The van der Waals surface area contributed by atoms with Crippen molar-refractivity contribution in [3.63, 3.8) is 0 Å². The Morgan fingerprint density at radius 2 is 2.18 bits per heavy atom. The van der Waals surface area contributed by atoms with Crippen LogP contribution in [-0.2, 0) is 6.54 Å². The minimum Gasteiger partial charge on any atom is -0.504 e. The summed E-state index contributed by atoms with van der Waals surface area (Å²) in [6.07, 6.45) is 1.71. The van der Waals surface area contributed by atoms with Gasteiger partial charge in [-0.25, -0.2) is 0 Å². The predicted octanol–water partition coefficient (Wildman–Crippen LogP) is 1.65. The summed E-state index contributed by atoms with van der Waals surface area (Å²) >= 11 is 0. The molecule has 0 amide bonds. The molecule has 1 unspecified atom stereocenters. The fourth-order valence-electron chi connectivity index (χ4n) is 1.66. The van der Waals surface area contributed by atoms with Crippen molar-refractivity contribution in [2.75, 3.05) is 13.7 Å². The first-order valence-corrected chi connectivity index (χ1v) is 5.88. The molecule has 1 rings (SSSR count). The molecule has 4 heteroatoms. The highest BCUT2D eigenvalue weighted by Gasteiger charge is 2.08. The molecule has 0 aliphatic heterocycles. The normalized spacial score (nSPS) is 12.4. The molecule has 4 nitrogen and oxygen atoms in total. The average molecular weight is 239 g/mol. The van der Waals surface area contributed by atoms with E-state index >= 15 is 0 Å². The van der Waals surface area contributed by atoms with Crippen LogP contribution in [0.15, 0.2) is 18.2 Å². The van der Waals surface area contributed by atoms with Crippen LogP contribution in [0.5, 0.6) is 11.5 Å². The maximum atomic E-state index is 9.87. The molecular weight excluding hydrogens is 218 g/mol. The van der Waals surface area contributed by atoms with Gasteiger partial charge in [-0.1, -0.05) is 12.1 Å². The number of phenolic OH excluding ortho intramolecular Hbond substituents is 1. The van der Waals surface area contributed by atoms with Gasteiger partial charge in [-0.05, 0) is 25.8 Å². The lowest BCUT2D eigenvalue weighted by molar-refractivity contribution is 0.276. The topological polar surface area (TPSA) is 61.7 Å². The van der Waals surface area contributed by atoms with Crippen LogP contribution in [0.1, 0.15) is 25.3 Å². The molecule has 0 spiro atoms. The highest BCUT2D eigenvalue weighted by atomic mass is 16.5. The van der Waals surface area contributed by atoms with Crippen LogP contribution < -0.4 is 10.1 Å². The van der Waals surface area contributed by atoms with E-state index in [2.05, 4.69) is 12.2 Å². The molecular formula is C13H21NO3. The molecule has 96 valence electrons. The Hall–Kier alpha value is -1.26. The number of ether oxygens (including phenoxy) is 1. The Labute approximate surface area is 102 Å². The van der Waals surface area contributed by atoms with Crippen molar-refractivity contribution in [3.05, 3.63) is 23.8 Å². The van der Waals surface area contributed by atoms with Gasteiger partial charge < -0.3 is 20.3 Å². The van der Waals surface area contributed by atoms with Crippen LogP contribution in [0.25, 0.3) is 0 Å². The van der Waals surface area contributed by atoms with Gasteiger partial charge in [-0.2, -0.15) is 0 Å². The van der Waals surface area contributed by atoms with Gasteiger partial charge in [0, 0.05) is 24.8 Å². The lowest BCUT2D eigenvalue weighted by Gasteiger charge is -2.14. The molecule has 0 radical (unpaired) electrons. The van der Waals surface area contributed by atoms with Crippen LogP contribution in [-0.4, -0.2) is 30.0 Å². The quantitative estimate of drug-likeness (QED) is 0.677. The van der Waals surface area contributed by atoms with E-state index in [0.717, 1.165) is 18.4 Å². The number of hydrogen-bond acceptors (Lipinski definition) is 4. The van der Waals surface area contributed by atoms with Crippen LogP contribution >= 0.6 is 0 Å². The molecule has 0 aliphatic rings. The summed E-state index contributed by atoms with van der Waals surface area (Å²) in [5, 5.41) is 21.9. The maximum Gasteiger partial charge on any atom is 0.162 e. The number of phenols is 1. The van der Waals surface area contributed by atoms with Gasteiger partial charge >= 0.3 is 0 Å². The molecule has 1 aromatic rings. The number of methoxy groups -OCH3 is 1. The van der Waals surface area contributed by atoms with Crippen LogP contribution in [0.3, 0.4) is 0 Å². The third-order valence-corrected chi connectivity index (χ3v) is 2.74. The Kier molecular flexibility index (Phi) is 5.80. The number of aromatic hydroxyl groups is 1. The second kappa shape index (κ2) is 7.14. The van der Waals surface area contributed by atoms with Gasteiger partial charge in [0.05, 0.1) is 7.11 Å². The zero-order valence-corrected chi connectivity index (χ0v) is 10.4. The summed E-state index contributed by atoms with van der Waals surface area (Å²) in [6.45, 7) is 2.87. The standard InChI is InChI=1S/C13H21NO3/c1-10(5-4-8-15)14-9-11-6-3-7-12(17-2)13(11)16/h3,6-7,10,14-16H,4-5,8-9H2,1-2H3. The van der Waals surface area contributed by atoms with Crippen molar-refractivity contribution < 1.29 is 14.9 Å². The van der Waals surface area contributed by atoms with Crippen LogP contribution in [0.4, 0.5) is 0 Å². The summed E-state index contributed by atoms with van der Waals surface area (Å²) in [4.78, 5) is 0. The van der Waals surface area contributed by atoms with Gasteiger partial charge in [-0.3, -0.25) is 0 Å². The Morgan fingerprint density at radius 3 is 2.82 bits per heavy atom. The van der Waals surface area contributed by atoms with Gasteiger partial charge in [-0.15, -0.1) is 0 Å². The molecule has 17 heavy (non-hydrogen) atoms. The Bertz CT molecular complexity index is 341. The van der Waals surface area contributed by atoms with Crippen molar-refractivity contribution in [1.29, 1.82) is 0 Å². The van der Waals surface area contributed by atoms with E-state index in [0.29, 0.717) is 18.3 Å². The number of nitrogens with one attached hydrogen (secondary N) is 1. The Balaban J connectivity index is 2.51. The minimum absolute atomic E-state index is 0.192. The average Bonchev–Trinajstić information content (AvgIpc) is 2.35. The molecule has 0 heterocycles. The van der Waals surface area contributed by atoms with Crippen molar-refractivity contribution >= 4 is 0 Å². The monoisotopic (exact) mass is 239 g/mol. The predicted molar refractivity (Wildman–Crippen MR) is 67.3 cm³/mol. The molecule has 1 atom stereocenters. The maximum absolute atomic E-state index is 9.87. The highest BCUT2D eigenvalue weighted by Crippen LogP contribution is 2.29. The number of aliphatic hydroxyl groups excluding tert-OH is 1. The molecule has 3 N–H and O–H groups in total. The summed E-state index contributed by atoms with van der Waals surface area (Å²) < 4.78 is 5.05. The Morgan fingerprint density at radius 1 is 1.41 bits per heavy atom. The summed E-state index contributed by atoms with van der Waals surface area (Å²) in [5.74, 6) is 0.684. The first kappa shape index (κ1) is 13.8. The zero-order valence-electron chi connectivity index (χ0n) is 10.4. The van der Waals surface area contributed by atoms with E-state index in [9.17, 15) is 5.11 Å². The number of rotatable bonds is 7. The van der Waals surface area contributed by atoms with Crippen molar-refractivity contribution in [1.82, 2.24) is 5.32 Å². The number of hydrogen-bond donors (Lipinski definition) is 3. The van der Waals surface area contributed by atoms with E-state index < -0.39 is 0 Å². The lowest BCUT2D eigenvalue weighted by Crippen LogP contribution is -2.25. The van der Waals surface area contributed by atoms with Crippen LogP contribution in [0, 0.1) is 0 Å². The first-order chi connectivity index (χ1) is 8.19.